The van der Waals surface area contributed by atoms with Gasteiger partial charge in [-0.3, -0.25) is 14.7 Å². The largest absolute Gasteiger partial charge is 0.495 e. The van der Waals surface area contributed by atoms with Crippen LogP contribution in [-0.2, 0) is 5.75 Å². The third-order valence-corrected chi connectivity index (χ3v) is 4.40. The highest BCUT2D eigenvalue weighted by Crippen LogP contribution is 2.30. The van der Waals surface area contributed by atoms with Crippen LogP contribution in [0.5, 0.6) is 5.75 Å². The van der Waals surface area contributed by atoms with E-state index in [-0.39, 0.29) is 10.6 Å². The molecule has 122 valence electrons. The minimum absolute atomic E-state index is 0.105. The number of ether oxygens (including phenoxy) is 1. The van der Waals surface area contributed by atoms with Gasteiger partial charge in [-0.15, -0.1) is 10.2 Å². The highest BCUT2D eigenvalue weighted by molar-refractivity contribution is 7.98. The number of methoxy groups -OCH3 is 1. The zero-order valence-electron chi connectivity index (χ0n) is 12.8. The third-order valence-electron chi connectivity index (χ3n) is 3.41. The fraction of sp³-hybridized carbons (Fsp3) is 0.125. The molecule has 7 nitrogen and oxygen atoms in total. The lowest BCUT2D eigenvalue weighted by Gasteiger charge is -2.10. The summed E-state index contributed by atoms with van der Waals surface area (Å²) in [4.78, 5) is 10.7. The third kappa shape index (κ3) is 3.23. The number of thioether (sulfide) groups is 1. The molecule has 0 aliphatic rings. The Labute approximate surface area is 142 Å². The maximum absolute atomic E-state index is 11.1. The number of rotatable bonds is 6. The van der Waals surface area contributed by atoms with Crippen LogP contribution < -0.4 is 4.74 Å². The zero-order chi connectivity index (χ0) is 16.9. The summed E-state index contributed by atoms with van der Waals surface area (Å²) < 4.78 is 7.17. The van der Waals surface area contributed by atoms with Gasteiger partial charge in [0.15, 0.2) is 5.16 Å². The molecule has 0 fully saturated rings. The van der Waals surface area contributed by atoms with Gasteiger partial charge >= 0.3 is 0 Å². The number of hydrogen-bond donors (Lipinski definition) is 0. The number of nitro benzene ring substituents is 1. The fourth-order valence-electron chi connectivity index (χ4n) is 2.27. The first-order valence-corrected chi connectivity index (χ1v) is 8.07. The van der Waals surface area contributed by atoms with Gasteiger partial charge < -0.3 is 4.74 Å². The minimum Gasteiger partial charge on any atom is -0.495 e. The zero-order valence-corrected chi connectivity index (χ0v) is 13.6. The molecule has 1 heterocycles. The molecule has 8 heteroatoms. The second kappa shape index (κ2) is 7.14. The minimum atomic E-state index is -0.374. The molecular weight excluding hydrogens is 328 g/mol. The van der Waals surface area contributed by atoms with Gasteiger partial charge in [-0.1, -0.05) is 42.1 Å². The lowest BCUT2D eigenvalue weighted by Crippen LogP contribution is -1.99. The molecule has 2 aromatic carbocycles. The fourth-order valence-corrected chi connectivity index (χ4v) is 3.19. The van der Waals surface area contributed by atoms with Crippen molar-refractivity contribution >= 4 is 17.4 Å². The first-order valence-electron chi connectivity index (χ1n) is 7.09. The topological polar surface area (TPSA) is 83.1 Å². The van der Waals surface area contributed by atoms with Crippen molar-refractivity contribution in [3.8, 4) is 11.4 Å². The Kier molecular flexibility index (Phi) is 4.76. The van der Waals surface area contributed by atoms with E-state index in [2.05, 4.69) is 10.2 Å². The van der Waals surface area contributed by atoms with E-state index in [0.29, 0.717) is 22.2 Å². The first kappa shape index (κ1) is 16.0. The molecular formula is C16H14N4O3S. The van der Waals surface area contributed by atoms with Crippen molar-refractivity contribution in [2.45, 2.75) is 10.9 Å². The SMILES string of the molecule is COc1ccccc1-n1cnnc1SCc1ccccc1[N+](=O)[O-]. The van der Waals surface area contributed by atoms with Gasteiger partial charge in [0.05, 0.1) is 17.7 Å². The first-order chi connectivity index (χ1) is 11.7. The Morgan fingerprint density at radius 3 is 2.75 bits per heavy atom. The predicted molar refractivity (Wildman–Crippen MR) is 90.6 cm³/mol. The van der Waals surface area contributed by atoms with E-state index >= 15 is 0 Å². The van der Waals surface area contributed by atoms with Crippen LogP contribution in [-0.4, -0.2) is 26.8 Å². The quantitative estimate of drug-likeness (QED) is 0.387. The molecule has 0 bridgehead atoms. The molecule has 0 saturated heterocycles. The Morgan fingerprint density at radius 2 is 1.96 bits per heavy atom. The Bertz CT molecular complexity index is 866. The molecule has 3 aromatic rings. The van der Waals surface area contributed by atoms with Crippen LogP contribution in [0.15, 0.2) is 60.0 Å². The molecule has 24 heavy (non-hydrogen) atoms. The normalized spacial score (nSPS) is 10.5. The van der Waals surface area contributed by atoms with Crippen molar-refractivity contribution in [2.75, 3.05) is 7.11 Å². The van der Waals surface area contributed by atoms with E-state index in [1.54, 1.807) is 36.2 Å². The van der Waals surface area contributed by atoms with Crippen molar-refractivity contribution in [1.29, 1.82) is 0 Å². The molecule has 0 spiro atoms. The number of benzene rings is 2. The van der Waals surface area contributed by atoms with Crippen LogP contribution in [0.1, 0.15) is 5.56 Å². The summed E-state index contributed by atoms with van der Waals surface area (Å²) in [7, 11) is 1.60. The average Bonchev–Trinajstić information content (AvgIpc) is 3.08. The molecule has 0 aliphatic carbocycles. The van der Waals surface area contributed by atoms with E-state index in [4.69, 9.17) is 4.74 Å². The molecule has 0 amide bonds. The van der Waals surface area contributed by atoms with Crippen LogP contribution in [0.4, 0.5) is 5.69 Å². The van der Waals surface area contributed by atoms with Gasteiger partial charge in [0.1, 0.15) is 12.1 Å². The maximum Gasteiger partial charge on any atom is 0.273 e. The van der Waals surface area contributed by atoms with Crippen molar-refractivity contribution < 1.29 is 9.66 Å². The number of para-hydroxylation sites is 3. The van der Waals surface area contributed by atoms with Gasteiger partial charge in [0, 0.05) is 17.4 Å². The summed E-state index contributed by atoms with van der Waals surface area (Å²) in [5.41, 5.74) is 1.56. The van der Waals surface area contributed by atoms with E-state index in [9.17, 15) is 10.1 Å². The molecule has 0 radical (unpaired) electrons. The number of hydrogen-bond acceptors (Lipinski definition) is 6. The van der Waals surface area contributed by atoms with E-state index in [1.807, 2.05) is 24.3 Å². The van der Waals surface area contributed by atoms with Gasteiger partial charge in [-0.05, 0) is 12.1 Å². The number of nitro groups is 1. The van der Waals surface area contributed by atoms with Crippen LogP contribution in [0.3, 0.4) is 0 Å². The maximum atomic E-state index is 11.1. The van der Waals surface area contributed by atoms with Gasteiger partial charge in [-0.25, -0.2) is 0 Å². The summed E-state index contributed by atoms with van der Waals surface area (Å²) in [5.74, 6) is 1.12. The van der Waals surface area contributed by atoms with Crippen LogP contribution in [0.25, 0.3) is 5.69 Å². The van der Waals surface area contributed by atoms with Crippen molar-refractivity contribution in [1.82, 2.24) is 14.8 Å². The smallest absolute Gasteiger partial charge is 0.273 e. The van der Waals surface area contributed by atoms with E-state index < -0.39 is 0 Å². The Hall–Kier alpha value is -2.87. The lowest BCUT2D eigenvalue weighted by atomic mass is 10.2. The molecule has 1 aromatic heterocycles. The van der Waals surface area contributed by atoms with Crippen LogP contribution >= 0.6 is 11.8 Å². The summed E-state index contributed by atoms with van der Waals surface area (Å²) in [6.45, 7) is 0. The summed E-state index contributed by atoms with van der Waals surface area (Å²) in [5, 5.41) is 19.8. The molecule has 3 rings (SSSR count). The van der Waals surface area contributed by atoms with Crippen molar-refractivity contribution in [3.63, 3.8) is 0 Å². The number of nitrogens with zero attached hydrogens (tertiary/aromatic N) is 4. The Balaban J connectivity index is 1.86. The second-order valence-corrected chi connectivity index (χ2v) is 5.77. The van der Waals surface area contributed by atoms with Crippen LogP contribution in [0.2, 0.25) is 0 Å². The van der Waals surface area contributed by atoms with Gasteiger partial charge in [0.2, 0.25) is 0 Å². The van der Waals surface area contributed by atoms with E-state index in [0.717, 1.165) is 5.69 Å². The van der Waals surface area contributed by atoms with Crippen molar-refractivity contribution in [3.05, 3.63) is 70.5 Å². The highest BCUT2D eigenvalue weighted by Gasteiger charge is 2.15. The molecule has 0 atom stereocenters. The molecule has 0 N–H and O–H groups in total. The average molecular weight is 342 g/mol. The standard InChI is InChI=1S/C16H14N4O3S/c1-23-15-9-5-4-8-14(15)19-11-17-18-16(19)24-10-12-6-2-3-7-13(12)20(21)22/h2-9,11H,10H2,1H3. The second-order valence-electron chi connectivity index (χ2n) is 4.83. The molecule has 0 unspecified atom stereocenters. The van der Waals surface area contributed by atoms with Crippen molar-refractivity contribution in [2.24, 2.45) is 0 Å². The summed E-state index contributed by atoms with van der Waals surface area (Å²) >= 11 is 1.38. The lowest BCUT2D eigenvalue weighted by molar-refractivity contribution is -0.385. The van der Waals surface area contributed by atoms with Gasteiger partial charge in [0.25, 0.3) is 5.69 Å². The van der Waals surface area contributed by atoms with Gasteiger partial charge in [-0.2, -0.15) is 0 Å². The Morgan fingerprint density at radius 1 is 1.21 bits per heavy atom. The highest BCUT2D eigenvalue weighted by atomic mass is 32.2. The summed E-state index contributed by atoms with van der Waals surface area (Å²) in [6, 6.07) is 14.2. The van der Waals surface area contributed by atoms with Crippen LogP contribution in [0, 0.1) is 10.1 Å². The number of aromatic nitrogens is 3. The summed E-state index contributed by atoms with van der Waals surface area (Å²) in [6.07, 6.45) is 1.60. The molecule has 0 saturated carbocycles. The predicted octanol–water partition coefficient (Wildman–Crippen LogP) is 3.48. The monoisotopic (exact) mass is 342 g/mol. The molecule has 0 aliphatic heterocycles. The van der Waals surface area contributed by atoms with E-state index in [1.165, 1.54) is 17.8 Å².